The third-order valence-corrected chi connectivity index (χ3v) is 3.64. The van der Waals surface area contributed by atoms with Crippen molar-refractivity contribution in [3.63, 3.8) is 0 Å². The molecule has 1 amide bonds. The molecule has 1 aliphatic carbocycles. The van der Waals surface area contributed by atoms with E-state index in [9.17, 15) is 4.79 Å². The maximum Gasteiger partial charge on any atom is 0.225 e. The lowest BCUT2D eigenvalue weighted by Crippen LogP contribution is -2.38. The lowest BCUT2D eigenvalue weighted by Gasteiger charge is -2.25. The van der Waals surface area contributed by atoms with E-state index in [-0.39, 0.29) is 17.2 Å². The normalized spacial score (nSPS) is 26.8. The number of halogens is 1. The summed E-state index contributed by atoms with van der Waals surface area (Å²) in [6.07, 6.45) is 3.38. The molecule has 0 heterocycles. The van der Waals surface area contributed by atoms with Gasteiger partial charge in [-0.1, -0.05) is 13.3 Å². The molecule has 0 aromatic carbocycles. The van der Waals surface area contributed by atoms with E-state index in [2.05, 4.69) is 6.92 Å². The SMILES string of the molecule is COCC(Cl)CN(C)C(=O)C1CCCC1C. The first-order valence-electron chi connectivity index (χ1n) is 5.94. The van der Waals surface area contributed by atoms with Crippen molar-refractivity contribution in [2.75, 3.05) is 27.3 Å². The van der Waals surface area contributed by atoms with Crippen LogP contribution >= 0.6 is 11.6 Å². The van der Waals surface area contributed by atoms with Gasteiger partial charge < -0.3 is 9.64 Å². The molecule has 0 aromatic rings. The van der Waals surface area contributed by atoms with Crippen molar-refractivity contribution in [1.82, 2.24) is 4.90 Å². The van der Waals surface area contributed by atoms with Crippen LogP contribution in [0.15, 0.2) is 0 Å². The Labute approximate surface area is 103 Å². The van der Waals surface area contributed by atoms with Crippen molar-refractivity contribution in [1.29, 1.82) is 0 Å². The van der Waals surface area contributed by atoms with Gasteiger partial charge in [-0.05, 0) is 18.8 Å². The van der Waals surface area contributed by atoms with Gasteiger partial charge in [-0.3, -0.25) is 4.79 Å². The van der Waals surface area contributed by atoms with Crippen LogP contribution in [-0.4, -0.2) is 43.5 Å². The van der Waals surface area contributed by atoms with Crippen molar-refractivity contribution >= 4 is 17.5 Å². The fourth-order valence-corrected chi connectivity index (χ4v) is 2.75. The number of nitrogens with zero attached hydrogens (tertiary/aromatic N) is 1. The molecule has 1 saturated carbocycles. The monoisotopic (exact) mass is 247 g/mol. The smallest absolute Gasteiger partial charge is 0.225 e. The van der Waals surface area contributed by atoms with Crippen LogP contribution in [0.2, 0.25) is 0 Å². The second-order valence-electron chi connectivity index (χ2n) is 4.79. The molecular weight excluding hydrogens is 226 g/mol. The molecule has 3 atom stereocenters. The minimum atomic E-state index is -0.115. The molecule has 0 aliphatic heterocycles. The van der Waals surface area contributed by atoms with E-state index in [1.165, 1.54) is 12.8 Å². The molecule has 3 unspecified atom stereocenters. The fraction of sp³-hybridized carbons (Fsp3) is 0.917. The zero-order chi connectivity index (χ0) is 12.1. The molecule has 1 rings (SSSR count). The van der Waals surface area contributed by atoms with Crippen molar-refractivity contribution in [2.24, 2.45) is 11.8 Å². The summed E-state index contributed by atoms with van der Waals surface area (Å²) >= 11 is 6.04. The predicted octanol–water partition coefficient (Wildman–Crippen LogP) is 2.13. The summed E-state index contributed by atoms with van der Waals surface area (Å²) in [4.78, 5) is 13.9. The maximum absolute atomic E-state index is 12.1. The number of hydrogen-bond donors (Lipinski definition) is 0. The summed E-state index contributed by atoms with van der Waals surface area (Å²) in [6, 6.07) is 0. The van der Waals surface area contributed by atoms with Gasteiger partial charge in [0.2, 0.25) is 5.91 Å². The van der Waals surface area contributed by atoms with Crippen LogP contribution in [0.3, 0.4) is 0 Å². The highest BCUT2D eigenvalue weighted by Gasteiger charge is 2.31. The van der Waals surface area contributed by atoms with Gasteiger partial charge in [-0.25, -0.2) is 0 Å². The van der Waals surface area contributed by atoms with Crippen LogP contribution in [-0.2, 0) is 9.53 Å². The van der Waals surface area contributed by atoms with Gasteiger partial charge in [0, 0.05) is 26.6 Å². The van der Waals surface area contributed by atoms with E-state index in [1.807, 2.05) is 7.05 Å². The predicted molar refractivity (Wildman–Crippen MR) is 65.7 cm³/mol. The van der Waals surface area contributed by atoms with Gasteiger partial charge >= 0.3 is 0 Å². The molecule has 0 N–H and O–H groups in total. The Bertz CT molecular complexity index is 235. The van der Waals surface area contributed by atoms with Crippen LogP contribution < -0.4 is 0 Å². The van der Waals surface area contributed by atoms with Crippen molar-refractivity contribution < 1.29 is 9.53 Å². The molecule has 0 radical (unpaired) electrons. The third kappa shape index (κ3) is 3.63. The number of ether oxygens (including phenoxy) is 1. The summed E-state index contributed by atoms with van der Waals surface area (Å²) in [5.41, 5.74) is 0. The Balaban J connectivity index is 2.40. The van der Waals surface area contributed by atoms with Gasteiger partial charge in [0.05, 0.1) is 12.0 Å². The highest BCUT2D eigenvalue weighted by Crippen LogP contribution is 2.32. The van der Waals surface area contributed by atoms with Crippen LogP contribution in [0.4, 0.5) is 0 Å². The van der Waals surface area contributed by atoms with Gasteiger partial charge in [-0.2, -0.15) is 0 Å². The first-order valence-corrected chi connectivity index (χ1v) is 6.38. The number of carbonyl (C=O) groups excluding carboxylic acids is 1. The summed E-state index contributed by atoms with van der Waals surface area (Å²) in [6.45, 7) is 3.22. The molecule has 4 heteroatoms. The van der Waals surface area contributed by atoms with E-state index in [0.29, 0.717) is 19.1 Å². The number of hydrogen-bond acceptors (Lipinski definition) is 2. The molecule has 94 valence electrons. The summed E-state index contributed by atoms with van der Waals surface area (Å²) < 4.78 is 4.96. The Morgan fingerprint density at radius 2 is 2.25 bits per heavy atom. The molecule has 1 aliphatic rings. The van der Waals surface area contributed by atoms with E-state index in [0.717, 1.165) is 6.42 Å². The average molecular weight is 248 g/mol. The Morgan fingerprint density at radius 1 is 1.56 bits per heavy atom. The zero-order valence-electron chi connectivity index (χ0n) is 10.4. The summed E-state index contributed by atoms with van der Waals surface area (Å²) in [7, 11) is 3.45. The average Bonchev–Trinajstić information content (AvgIpc) is 2.63. The third-order valence-electron chi connectivity index (χ3n) is 3.37. The van der Waals surface area contributed by atoms with E-state index in [1.54, 1.807) is 12.0 Å². The summed E-state index contributed by atoms with van der Waals surface area (Å²) in [5.74, 6) is 0.967. The molecule has 1 fully saturated rings. The number of amides is 1. The lowest BCUT2D eigenvalue weighted by molar-refractivity contribution is -0.135. The molecule has 0 saturated heterocycles. The first kappa shape index (κ1) is 13.8. The van der Waals surface area contributed by atoms with Crippen LogP contribution in [0, 0.1) is 11.8 Å². The van der Waals surface area contributed by atoms with Crippen LogP contribution in [0.5, 0.6) is 0 Å². The topological polar surface area (TPSA) is 29.5 Å². The molecular formula is C12H22ClNO2. The van der Waals surface area contributed by atoms with Crippen LogP contribution in [0.1, 0.15) is 26.2 Å². The molecule has 3 nitrogen and oxygen atoms in total. The second kappa shape index (κ2) is 6.45. The highest BCUT2D eigenvalue weighted by molar-refractivity contribution is 6.21. The number of alkyl halides is 1. The standard InChI is InChI=1S/C12H22ClNO2/c1-9-5-4-6-11(9)12(15)14(2)7-10(13)8-16-3/h9-11H,4-8H2,1-3H3. The summed E-state index contributed by atoms with van der Waals surface area (Å²) in [5, 5.41) is -0.115. The Hall–Kier alpha value is -0.280. The van der Waals surface area contributed by atoms with Crippen molar-refractivity contribution in [3.05, 3.63) is 0 Å². The van der Waals surface area contributed by atoms with E-state index in [4.69, 9.17) is 16.3 Å². The van der Waals surface area contributed by atoms with Crippen molar-refractivity contribution in [3.8, 4) is 0 Å². The maximum atomic E-state index is 12.1. The largest absolute Gasteiger partial charge is 0.383 e. The van der Waals surface area contributed by atoms with E-state index >= 15 is 0 Å². The second-order valence-corrected chi connectivity index (χ2v) is 5.40. The molecule has 0 spiro atoms. The Kier molecular flexibility index (Phi) is 5.56. The minimum absolute atomic E-state index is 0.115. The zero-order valence-corrected chi connectivity index (χ0v) is 11.2. The fourth-order valence-electron chi connectivity index (χ4n) is 2.42. The van der Waals surface area contributed by atoms with Crippen LogP contribution in [0.25, 0.3) is 0 Å². The molecule has 16 heavy (non-hydrogen) atoms. The van der Waals surface area contributed by atoms with Gasteiger partial charge in [0.1, 0.15) is 0 Å². The first-order chi connectivity index (χ1) is 7.56. The highest BCUT2D eigenvalue weighted by atomic mass is 35.5. The van der Waals surface area contributed by atoms with E-state index < -0.39 is 0 Å². The minimum Gasteiger partial charge on any atom is -0.383 e. The number of carbonyl (C=O) groups is 1. The van der Waals surface area contributed by atoms with Crippen molar-refractivity contribution in [2.45, 2.75) is 31.6 Å². The number of methoxy groups -OCH3 is 1. The van der Waals surface area contributed by atoms with Gasteiger partial charge in [-0.15, -0.1) is 11.6 Å². The molecule has 0 bridgehead atoms. The van der Waals surface area contributed by atoms with Gasteiger partial charge in [0.15, 0.2) is 0 Å². The van der Waals surface area contributed by atoms with Gasteiger partial charge in [0.25, 0.3) is 0 Å². The molecule has 0 aromatic heterocycles. The lowest BCUT2D eigenvalue weighted by atomic mass is 9.97. The number of rotatable bonds is 5. The Morgan fingerprint density at radius 3 is 2.75 bits per heavy atom. The quantitative estimate of drug-likeness (QED) is 0.697.